The maximum Gasteiger partial charge on any atom is 0.304 e. The summed E-state index contributed by atoms with van der Waals surface area (Å²) in [6, 6.07) is 12.1. The van der Waals surface area contributed by atoms with Crippen LogP contribution in [0.15, 0.2) is 58.7 Å². The highest BCUT2D eigenvalue weighted by molar-refractivity contribution is 6.04. The number of amidine groups is 1. The molecule has 2 aromatic carbocycles. The number of nitrogens with zero attached hydrogens (tertiary/aromatic N) is 5. The van der Waals surface area contributed by atoms with Crippen molar-refractivity contribution in [3.63, 3.8) is 0 Å². The number of rotatable bonds is 10. The molecule has 0 bridgehead atoms. The second kappa shape index (κ2) is 12.7. The van der Waals surface area contributed by atoms with Gasteiger partial charge >= 0.3 is 6.41 Å². The van der Waals surface area contributed by atoms with Crippen LogP contribution in [-0.2, 0) is 22.4 Å². The molecule has 45 heavy (non-hydrogen) atoms. The molecule has 1 fully saturated rings. The fraction of sp³-hybridized carbons (Fsp3) is 0.455. The number of aliphatic hydroxyl groups excluding tert-OH is 1. The van der Waals surface area contributed by atoms with Crippen molar-refractivity contribution in [1.82, 2.24) is 24.5 Å². The van der Waals surface area contributed by atoms with Gasteiger partial charge in [-0.05, 0) is 63.1 Å². The van der Waals surface area contributed by atoms with Gasteiger partial charge in [-0.25, -0.2) is 8.91 Å². The zero-order chi connectivity index (χ0) is 31.7. The van der Waals surface area contributed by atoms with Crippen molar-refractivity contribution in [2.75, 3.05) is 6.61 Å². The first-order chi connectivity index (χ1) is 21.6. The van der Waals surface area contributed by atoms with Crippen LogP contribution in [0.3, 0.4) is 0 Å². The van der Waals surface area contributed by atoms with Crippen molar-refractivity contribution >= 4 is 11.6 Å². The summed E-state index contributed by atoms with van der Waals surface area (Å²) in [7, 11) is 0. The molecular formula is C33H39FN6O5. The number of aromatic nitrogens is 4. The van der Waals surface area contributed by atoms with E-state index in [2.05, 4.69) is 20.6 Å². The van der Waals surface area contributed by atoms with Crippen LogP contribution in [0, 0.1) is 5.82 Å². The Labute approximate surface area is 260 Å². The van der Waals surface area contributed by atoms with E-state index in [1.54, 1.807) is 53.3 Å². The lowest BCUT2D eigenvalue weighted by Gasteiger charge is -2.32. The molecule has 1 aliphatic carbocycles. The minimum absolute atomic E-state index is 0.0248. The summed E-state index contributed by atoms with van der Waals surface area (Å²) in [5.41, 5.74) is 2.54. The monoisotopic (exact) mass is 618 g/mol. The predicted octanol–water partition coefficient (Wildman–Crippen LogP) is 4.07. The van der Waals surface area contributed by atoms with Crippen molar-refractivity contribution in [1.29, 1.82) is 0 Å². The van der Waals surface area contributed by atoms with E-state index in [4.69, 9.17) is 9.57 Å². The first kappa shape index (κ1) is 30.9. The second-order valence-electron chi connectivity index (χ2n) is 12.5. The smallest absolute Gasteiger partial charge is 0.304 e. The normalized spacial score (nSPS) is 20.2. The number of aryl methyl sites for hydroxylation is 1. The summed E-state index contributed by atoms with van der Waals surface area (Å²) in [5.74, 6) is 0.387. The van der Waals surface area contributed by atoms with Crippen molar-refractivity contribution in [2.24, 2.45) is 5.16 Å². The predicted molar refractivity (Wildman–Crippen MR) is 166 cm³/mol. The summed E-state index contributed by atoms with van der Waals surface area (Å²) >= 11 is 0. The Bertz CT molecular complexity index is 1770. The largest absolute Gasteiger partial charge is 0.388 e. The van der Waals surface area contributed by atoms with Crippen molar-refractivity contribution in [2.45, 2.75) is 89.9 Å². The number of ether oxygens (including phenoxy) is 1. The van der Waals surface area contributed by atoms with E-state index in [1.165, 1.54) is 12.4 Å². The van der Waals surface area contributed by atoms with Gasteiger partial charge in [0.2, 0.25) is 5.78 Å². The Morgan fingerprint density at radius 1 is 1.11 bits per heavy atom. The van der Waals surface area contributed by atoms with Crippen molar-refractivity contribution in [3.05, 3.63) is 87.3 Å². The van der Waals surface area contributed by atoms with Gasteiger partial charge in [0.25, 0.3) is 5.56 Å². The third-order valence-corrected chi connectivity index (χ3v) is 8.38. The first-order valence-electron chi connectivity index (χ1n) is 15.5. The second-order valence-corrected chi connectivity index (χ2v) is 12.5. The van der Waals surface area contributed by atoms with Crippen molar-refractivity contribution in [3.8, 4) is 11.1 Å². The van der Waals surface area contributed by atoms with Gasteiger partial charge < -0.3 is 25.1 Å². The lowest BCUT2D eigenvalue weighted by atomic mass is 9.92. The molecule has 4 aromatic rings. The Hall–Kier alpha value is -4.13. The molecule has 1 aliphatic heterocycles. The maximum absolute atomic E-state index is 15.8. The van der Waals surface area contributed by atoms with E-state index < -0.39 is 17.8 Å². The van der Waals surface area contributed by atoms with Gasteiger partial charge in [-0.2, -0.15) is 10.1 Å². The molecule has 0 spiro atoms. The van der Waals surface area contributed by atoms with E-state index >= 15 is 4.39 Å². The summed E-state index contributed by atoms with van der Waals surface area (Å²) in [5, 5.41) is 30.8. The first-order valence-corrected chi connectivity index (χ1v) is 15.5. The highest BCUT2D eigenvalue weighted by atomic mass is 19.1. The van der Waals surface area contributed by atoms with Gasteiger partial charge in [0.05, 0.1) is 24.0 Å². The number of hydrogen-bond acceptors (Lipinski definition) is 9. The number of fused-ring (bicyclic) bond motifs is 1. The third kappa shape index (κ3) is 6.49. The summed E-state index contributed by atoms with van der Waals surface area (Å²) < 4.78 is 25.3. The highest BCUT2D eigenvalue weighted by Crippen LogP contribution is 2.32. The Morgan fingerprint density at radius 2 is 1.87 bits per heavy atom. The molecule has 12 heteroatoms. The van der Waals surface area contributed by atoms with Crippen LogP contribution in [0.5, 0.6) is 0 Å². The van der Waals surface area contributed by atoms with Crippen LogP contribution in [0.4, 0.5) is 4.39 Å². The molecule has 1 saturated carbocycles. The van der Waals surface area contributed by atoms with Crippen LogP contribution in [0.25, 0.3) is 16.9 Å². The number of halogens is 1. The van der Waals surface area contributed by atoms with Gasteiger partial charge in [-0.15, -0.1) is 0 Å². The minimum Gasteiger partial charge on any atom is -0.388 e. The quantitative estimate of drug-likeness (QED) is 0.242. The number of benzene rings is 2. The topological polar surface area (TPSA) is 136 Å². The lowest BCUT2D eigenvalue weighted by Crippen LogP contribution is -2.36. The highest BCUT2D eigenvalue weighted by Gasteiger charge is 2.29. The van der Waals surface area contributed by atoms with E-state index in [-0.39, 0.29) is 30.7 Å². The average Bonchev–Trinajstić information content (AvgIpc) is 3.68. The number of nitrogens with one attached hydrogen (secondary N) is 1. The van der Waals surface area contributed by atoms with Crippen LogP contribution in [0.2, 0.25) is 0 Å². The molecule has 2 aromatic heterocycles. The fourth-order valence-electron chi connectivity index (χ4n) is 6.28. The van der Waals surface area contributed by atoms with E-state index in [0.29, 0.717) is 45.9 Å². The van der Waals surface area contributed by atoms with Gasteiger partial charge in [0.1, 0.15) is 12.1 Å². The fourth-order valence-corrected chi connectivity index (χ4v) is 6.28. The van der Waals surface area contributed by atoms with Crippen molar-refractivity contribution < 1.29 is 24.2 Å². The zero-order valence-corrected chi connectivity index (χ0v) is 25.7. The molecular weight excluding hydrogens is 579 g/mol. The molecule has 1 unspecified atom stereocenters. The lowest BCUT2D eigenvalue weighted by molar-refractivity contribution is -0.0896. The van der Waals surface area contributed by atoms with Crippen LogP contribution < -0.4 is 10.9 Å². The van der Waals surface area contributed by atoms with Gasteiger partial charge in [0.15, 0.2) is 5.84 Å². The molecule has 0 radical (unpaired) electrons. The van der Waals surface area contributed by atoms with Gasteiger partial charge in [0, 0.05) is 29.2 Å². The standard InChI is InChI=1S/C33H39FN6O5/c1-4-7-28-26(16-20-10-15-24(27(34)17-20)23-8-5-6-9-25(23)29-37-32(42)45-38-29)30(41)39(31-35-19-36-40(28)31)21-11-13-22(14-12-21)44-18-33(2,3)43/h5-6,8-10,15,17,19,21-22,32,42-43H,4,7,11-14,16,18H2,1-3H3,(H,37,38)/t21-,22-,32?. The van der Waals surface area contributed by atoms with Gasteiger partial charge in [-0.3, -0.25) is 9.36 Å². The van der Waals surface area contributed by atoms with Gasteiger partial charge in [-0.1, -0.05) is 54.9 Å². The molecule has 3 heterocycles. The number of hydrogen-bond donors (Lipinski definition) is 3. The Balaban J connectivity index is 1.31. The van der Waals surface area contributed by atoms with Crippen LogP contribution in [0.1, 0.15) is 81.3 Å². The molecule has 3 N–H and O–H groups in total. The van der Waals surface area contributed by atoms with E-state index in [0.717, 1.165) is 37.8 Å². The molecule has 11 nitrogen and oxygen atoms in total. The molecule has 238 valence electrons. The van der Waals surface area contributed by atoms with Crippen LogP contribution in [-0.4, -0.2) is 59.9 Å². The summed E-state index contributed by atoms with van der Waals surface area (Å²) in [4.78, 5) is 23.6. The third-order valence-electron chi connectivity index (χ3n) is 8.38. The minimum atomic E-state index is -1.26. The molecule has 6 rings (SSSR count). The number of aliphatic hydroxyl groups is 2. The molecule has 1 atom stereocenters. The molecule has 0 amide bonds. The maximum atomic E-state index is 15.8. The van der Waals surface area contributed by atoms with E-state index in [9.17, 15) is 15.0 Å². The Kier molecular flexibility index (Phi) is 8.71. The molecule has 0 saturated heterocycles. The SMILES string of the molecule is CCCc1c(Cc2ccc(-c3ccccc3C3=NOC(O)N3)c(F)c2)c(=O)n([C@H]2CC[C@H](OCC(C)(C)O)CC2)c2ncnn12. The summed E-state index contributed by atoms with van der Waals surface area (Å²) in [6.07, 6.45) is 4.90. The van der Waals surface area contributed by atoms with E-state index in [1.807, 2.05) is 13.0 Å². The average molecular weight is 619 g/mol. The Morgan fingerprint density at radius 3 is 2.53 bits per heavy atom. The molecule has 2 aliphatic rings. The van der Waals surface area contributed by atoms with Crippen LogP contribution >= 0.6 is 0 Å². The number of oxime groups is 1. The zero-order valence-electron chi connectivity index (χ0n) is 25.7. The summed E-state index contributed by atoms with van der Waals surface area (Å²) in [6.45, 7) is 5.76.